The molecule has 0 atom stereocenters. The van der Waals surface area contributed by atoms with Crippen LogP contribution in [0.4, 0.5) is 17.1 Å². The first-order valence-corrected chi connectivity index (χ1v) is 7.80. The highest BCUT2D eigenvalue weighted by Gasteiger charge is 2.05. The van der Waals surface area contributed by atoms with Crippen molar-refractivity contribution in [2.75, 3.05) is 10.6 Å². The lowest BCUT2D eigenvalue weighted by molar-refractivity contribution is -0.671. The summed E-state index contributed by atoms with van der Waals surface area (Å²) in [6.07, 6.45) is 3.97. The maximum Gasteiger partial charge on any atom is 0.255 e. The van der Waals surface area contributed by atoms with Gasteiger partial charge in [-0.3, -0.25) is 4.79 Å². The molecule has 0 unspecified atom stereocenters. The average Bonchev–Trinajstić information content (AvgIpc) is 2.59. The molecule has 2 N–H and O–H groups in total. The van der Waals surface area contributed by atoms with Gasteiger partial charge in [-0.05, 0) is 43.3 Å². The van der Waals surface area contributed by atoms with Crippen molar-refractivity contribution >= 4 is 23.0 Å². The number of aryl methyl sites for hydroxylation is 2. The Labute approximate surface area is 141 Å². The minimum atomic E-state index is -0.105. The zero-order valence-electron chi connectivity index (χ0n) is 13.8. The van der Waals surface area contributed by atoms with E-state index in [4.69, 9.17) is 0 Å². The Morgan fingerprint density at radius 3 is 1.96 bits per heavy atom. The average molecular weight is 318 g/mol. The molecular weight excluding hydrogens is 298 g/mol. The number of nitrogens with zero attached hydrogens (tertiary/aromatic N) is 1. The highest BCUT2D eigenvalue weighted by molar-refractivity contribution is 6.04. The summed E-state index contributed by atoms with van der Waals surface area (Å²) in [6.45, 7) is 2.00. The molecule has 4 nitrogen and oxygen atoms in total. The molecule has 24 heavy (non-hydrogen) atoms. The van der Waals surface area contributed by atoms with E-state index in [1.807, 2.05) is 91.6 Å². The van der Waals surface area contributed by atoms with Gasteiger partial charge < -0.3 is 10.6 Å². The Morgan fingerprint density at radius 2 is 1.33 bits per heavy atom. The number of nitrogens with one attached hydrogen (secondary N) is 2. The zero-order chi connectivity index (χ0) is 16.9. The van der Waals surface area contributed by atoms with Crippen molar-refractivity contribution in [1.29, 1.82) is 0 Å². The molecule has 0 aliphatic rings. The van der Waals surface area contributed by atoms with E-state index in [-0.39, 0.29) is 5.91 Å². The van der Waals surface area contributed by atoms with Crippen LogP contribution in [0.3, 0.4) is 0 Å². The van der Waals surface area contributed by atoms with Crippen LogP contribution in [0.1, 0.15) is 15.9 Å². The second-order valence-corrected chi connectivity index (χ2v) is 5.77. The van der Waals surface area contributed by atoms with Crippen LogP contribution in [0.25, 0.3) is 0 Å². The van der Waals surface area contributed by atoms with E-state index in [1.54, 1.807) is 0 Å². The summed E-state index contributed by atoms with van der Waals surface area (Å²) < 4.78 is 1.98. The molecule has 0 aliphatic carbocycles. The fraction of sp³-hybridized carbons (Fsp3) is 0.100. The minimum Gasteiger partial charge on any atom is -0.355 e. The van der Waals surface area contributed by atoms with Crippen LogP contribution in [0.2, 0.25) is 0 Å². The monoisotopic (exact) mass is 318 g/mol. The van der Waals surface area contributed by atoms with E-state index in [1.165, 1.54) is 0 Å². The number of hydrogen-bond acceptors (Lipinski definition) is 2. The van der Waals surface area contributed by atoms with E-state index in [2.05, 4.69) is 10.6 Å². The lowest BCUT2D eigenvalue weighted by Crippen LogP contribution is -2.25. The Bertz CT molecular complexity index is 822. The second-order valence-electron chi connectivity index (χ2n) is 5.77. The molecule has 4 heteroatoms. The number of amides is 1. The summed E-state index contributed by atoms with van der Waals surface area (Å²) in [5, 5.41) is 6.23. The Morgan fingerprint density at radius 1 is 0.792 bits per heavy atom. The van der Waals surface area contributed by atoms with E-state index >= 15 is 0 Å². The minimum absolute atomic E-state index is 0.105. The summed E-state index contributed by atoms with van der Waals surface area (Å²) in [4.78, 5) is 12.2. The molecular formula is C20H20N3O+. The number of rotatable bonds is 4. The lowest BCUT2D eigenvalue weighted by Gasteiger charge is -2.08. The molecule has 0 bridgehead atoms. The van der Waals surface area contributed by atoms with Gasteiger partial charge in [-0.15, -0.1) is 0 Å². The maximum absolute atomic E-state index is 12.2. The number of pyridine rings is 1. The smallest absolute Gasteiger partial charge is 0.255 e. The number of hydrogen-bond donors (Lipinski definition) is 2. The summed E-state index contributed by atoms with van der Waals surface area (Å²) in [6, 6.07) is 19.2. The van der Waals surface area contributed by atoms with E-state index in [9.17, 15) is 4.79 Å². The van der Waals surface area contributed by atoms with Crippen molar-refractivity contribution in [3.8, 4) is 0 Å². The third-order valence-corrected chi connectivity index (χ3v) is 3.72. The van der Waals surface area contributed by atoms with Gasteiger partial charge >= 0.3 is 0 Å². The van der Waals surface area contributed by atoms with E-state index in [0.29, 0.717) is 5.56 Å². The normalized spacial score (nSPS) is 10.2. The number of carbonyl (C=O) groups is 1. The van der Waals surface area contributed by atoms with Gasteiger partial charge in [0.1, 0.15) is 7.05 Å². The zero-order valence-corrected chi connectivity index (χ0v) is 13.8. The molecule has 1 aromatic heterocycles. The van der Waals surface area contributed by atoms with Gasteiger partial charge in [0.15, 0.2) is 12.4 Å². The van der Waals surface area contributed by atoms with Gasteiger partial charge in [0.05, 0.1) is 5.69 Å². The molecule has 3 rings (SSSR count). The van der Waals surface area contributed by atoms with Gasteiger partial charge in [-0.2, -0.15) is 0 Å². The van der Waals surface area contributed by atoms with Gasteiger partial charge in [-0.1, -0.05) is 17.7 Å². The molecule has 0 saturated heterocycles. The summed E-state index contributed by atoms with van der Waals surface area (Å²) >= 11 is 0. The Hall–Kier alpha value is -3.14. The molecule has 2 aromatic carbocycles. The first-order valence-electron chi connectivity index (χ1n) is 7.80. The predicted molar refractivity (Wildman–Crippen MR) is 96.5 cm³/mol. The van der Waals surface area contributed by atoms with Crippen molar-refractivity contribution in [2.45, 2.75) is 6.92 Å². The molecule has 3 aromatic rings. The topological polar surface area (TPSA) is 45.0 Å². The fourth-order valence-corrected chi connectivity index (χ4v) is 2.30. The third-order valence-electron chi connectivity index (χ3n) is 3.72. The van der Waals surface area contributed by atoms with Crippen molar-refractivity contribution in [3.05, 3.63) is 84.2 Å². The van der Waals surface area contributed by atoms with Crippen molar-refractivity contribution in [3.63, 3.8) is 0 Å². The molecule has 0 saturated carbocycles. The number of anilines is 3. The summed E-state index contributed by atoms with van der Waals surface area (Å²) in [5.41, 5.74) is 4.55. The quantitative estimate of drug-likeness (QED) is 0.718. The van der Waals surface area contributed by atoms with Crippen LogP contribution in [0.15, 0.2) is 73.1 Å². The second kappa shape index (κ2) is 6.96. The Balaban J connectivity index is 1.64. The highest BCUT2D eigenvalue weighted by atomic mass is 16.1. The van der Waals surface area contributed by atoms with Crippen LogP contribution in [-0.2, 0) is 7.05 Å². The van der Waals surface area contributed by atoms with Gasteiger partial charge in [0, 0.05) is 29.1 Å². The van der Waals surface area contributed by atoms with Crippen molar-refractivity contribution in [1.82, 2.24) is 0 Å². The predicted octanol–water partition coefficient (Wildman–Crippen LogP) is 3.82. The number of benzene rings is 2. The number of carbonyl (C=O) groups excluding carboxylic acids is 1. The Kier molecular flexibility index (Phi) is 4.57. The van der Waals surface area contributed by atoms with Gasteiger partial charge in [0.25, 0.3) is 5.91 Å². The van der Waals surface area contributed by atoms with Gasteiger partial charge in [0.2, 0.25) is 0 Å². The maximum atomic E-state index is 12.2. The first kappa shape index (κ1) is 15.7. The van der Waals surface area contributed by atoms with Crippen LogP contribution in [0, 0.1) is 6.92 Å². The molecule has 0 spiro atoms. The van der Waals surface area contributed by atoms with Crippen LogP contribution < -0.4 is 15.2 Å². The van der Waals surface area contributed by atoms with Crippen molar-refractivity contribution < 1.29 is 9.36 Å². The van der Waals surface area contributed by atoms with Crippen LogP contribution in [0.5, 0.6) is 0 Å². The molecule has 1 amide bonds. The van der Waals surface area contributed by atoms with Crippen molar-refractivity contribution in [2.24, 2.45) is 7.05 Å². The van der Waals surface area contributed by atoms with Crippen LogP contribution in [-0.4, -0.2) is 5.91 Å². The SMILES string of the molecule is Cc1ccc(C(=O)Nc2ccc(Nc3cc[n+](C)cc3)cc2)cc1. The molecule has 0 radical (unpaired) electrons. The largest absolute Gasteiger partial charge is 0.355 e. The standard InChI is InChI=1S/C20H19N3O/c1-15-3-5-16(6-4-15)20(24)22-18-9-7-17(8-10-18)21-19-11-13-23(2)14-12-19/h3-14H,1-2H3,(H,22,24)/p+1. The van der Waals surface area contributed by atoms with E-state index < -0.39 is 0 Å². The summed E-state index contributed by atoms with van der Waals surface area (Å²) in [5.74, 6) is -0.105. The summed E-state index contributed by atoms with van der Waals surface area (Å²) in [7, 11) is 1.98. The van der Waals surface area contributed by atoms with Gasteiger partial charge in [-0.25, -0.2) is 4.57 Å². The lowest BCUT2D eigenvalue weighted by atomic mass is 10.1. The first-order chi connectivity index (χ1) is 11.6. The number of aromatic nitrogens is 1. The molecule has 1 heterocycles. The molecule has 120 valence electrons. The molecule has 0 aliphatic heterocycles. The fourth-order valence-electron chi connectivity index (χ4n) is 2.30. The van der Waals surface area contributed by atoms with E-state index in [0.717, 1.165) is 22.6 Å². The van der Waals surface area contributed by atoms with Crippen LogP contribution >= 0.6 is 0 Å². The highest BCUT2D eigenvalue weighted by Crippen LogP contribution is 2.18. The molecule has 0 fully saturated rings. The third kappa shape index (κ3) is 3.98.